The molecule has 4 rings (SSSR count). The van der Waals surface area contributed by atoms with Gasteiger partial charge in [-0.05, 0) is 6.07 Å². The van der Waals surface area contributed by atoms with Crippen LogP contribution in [0.5, 0.6) is 0 Å². The molecule has 1 aliphatic rings. The lowest BCUT2D eigenvalue weighted by Gasteiger charge is -2.13. The lowest BCUT2D eigenvalue weighted by Crippen LogP contribution is -2.27. The van der Waals surface area contributed by atoms with Gasteiger partial charge in [0.2, 0.25) is 0 Å². The highest BCUT2D eigenvalue weighted by atomic mass is 16.4. The van der Waals surface area contributed by atoms with Gasteiger partial charge >= 0.3 is 0 Å². The van der Waals surface area contributed by atoms with Crippen molar-refractivity contribution in [2.24, 2.45) is 0 Å². The molecule has 102 valence electrons. The first-order chi connectivity index (χ1) is 10.2. The van der Waals surface area contributed by atoms with Gasteiger partial charge in [0.05, 0.1) is 18.0 Å². The Morgan fingerprint density at radius 2 is 1.76 bits per heavy atom. The minimum Gasteiger partial charge on any atom is -0.548 e. The molecule has 1 heterocycles. The maximum Gasteiger partial charge on any atom is 0.194 e. The molecule has 0 radical (unpaired) electrons. The number of ketones is 1. The van der Waals surface area contributed by atoms with E-state index in [2.05, 4.69) is 5.10 Å². The average molecular weight is 277 g/mol. The summed E-state index contributed by atoms with van der Waals surface area (Å²) in [7, 11) is 0. The summed E-state index contributed by atoms with van der Waals surface area (Å²) in [6.45, 7) is -0.337. The summed E-state index contributed by atoms with van der Waals surface area (Å²) in [6.07, 6.45) is 0. The van der Waals surface area contributed by atoms with Crippen molar-refractivity contribution >= 4 is 22.7 Å². The van der Waals surface area contributed by atoms with E-state index in [1.807, 2.05) is 12.1 Å². The van der Waals surface area contributed by atoms with Crippen molar-refractivity contribution in [1.82, 2.24) is 9.78 Å². The number of aliphatic carboxylic acids is 1. The Hall–Kier alpha value is -2.95. The number of nitrogens with zero attached hydrogens (tertiary/aromatic N) is 2. The maximum absolute atomic E-state index is 12.6. The highest BCUT2D eigenvalue weighted by molar-refractivity contribution is 6.25. The molecule has 2 aromatic carbocycles. The Balaban J connectivity index is 2.13. The largest absolute Gasteiger partial charge is 0.548 e. The molecular weight excluding hydrogens is 268 g/mol. The molecule has 0 fully saturated rings. The fourth-order valence-electron chi connectivity index (χ4n) is 2.88. The predicted molar refractivity (Wildman–Crippen MR) is 73.6 cm³/mol. The first-order valence-electron chi connectivity index (χ1n) is 6.50. The first kappa shape index (κ1) is 11.8. The van der Waals surface area contributed by atoms with E-state index in [4.69, 9.17) is 0 Å². The molecule has 3 aromatic rings. The zero-order valence-corrected chi connectivity index (χ0v) is 10.9. The van der Waals surface area contributed by atoms with Crippen LogP contribution in [0.3, 0.4) is 0 Å². The molecule has 0 saturated heterocycles. The quantitative estimate of drug-likeness (QED) is 0.547. The van der Waals surface area contributed by atoms with Crippen LogP contribution in [0.2, 0.25) is 0 Å². The standard InChI is InChI=1S/C16H10N2O3/c19-13(20)8-18-12-7-3-6-11-14(12)15(17-18)9-4-1-2-5-10(9)16(11)21/h1-7H,8H2,(H,19,20)/p-1. The van der Waals surface area contributed by atoms with Gasteiger partial charge in [0.1, 0.15) is 5.69 Å². The van der Waals surface area contributed by atoms with Crippen LogP contribution in [0.4, 0.5) is 0 Å². The zero-order chi connectivity index (χ0) is 14.6. The van der Waals surface area contributed by atoms with Crippen LogP contribution in [0, 0.1) is 0 Å². The third-order valence-corrected chi connectivity index (χ3v) is 3.73. The number of aromatic nitrogens is 2. The number of carbonyl (C=O) groups excluding carboxylic acids is 2. The number of carbonyl (C=O) groups is 2. The highest BCUT2D eigenvalue weighted by Crippen LogP contribution is 2.38. The van der Waals surface area contributed by atoms with Crippen molar-refractivity contribution in [2.75, 3.05) is 0 Å². The normalized spacial score (nSPS) is 12.5. The number of fused-ring (bicyclic) bond motifs is 2. The van der Waals surface area contributed by atoms with Crippen molar-refractivity contribution < 1.29 is 14.7 Å². The molecule has 0 amide bonds. The van der Waals surface area contributed by atoms with Crippen LogP contribution in [0.1, 0.15) is 15.9 Å². The Bertz CT molecular complexity index is 924. The number of benzene rings is 2. The van der Waals surface area contributed by atoms with Crippen molar-refractivity contribution in [1.29, 1.82) is 0 Å². The molecule has 0 bridgehead atoms. The van der Waals surface area contributed by atoms with Crippen molar-refractivity contribution in [3.05, 3.63) is 53.6 Å². The van der Waals surface area contributed by atoms with Crippen LogP contribution in [-0.4, -0.2) is 21.5 Å². The van der Waals surface area contributed by atoms with E-state index in [1.54, 1.807) is 30.3 Å². The summed E-state index contributed by atoms with van der Waals surface area (Å²) < 4.78 is 1.37. The Labute approximate surface area is 119 Å². The van der Waals surface area contributed by atoms with Gasteiger partial charge in [-0.25, -0.2) is 0 Å². The number of rotatable bonds is 2. The fraction of sp³-hybridized carbons (Fsp3) is 0.0625. The monoisotopic (exact) mass is 277 g/mol. The minimum atomic E-state index is -1.21. The van der Waals surface area contributed by atoms with Crippen molar-refractivity contribution in [3.8, 4) is 11.3 Å². The van der Waals surface area contributed by atoms with Gasteiger partial charge in [0, 0.05) is 22.1 Å². The van der Waals surface area contributed by atoms with Crippen LogP contribution in [0.25, 0.3) is 22.2 Å². The lowest BCUT2D eigenvalue weighted by atomic mass is 9.87. The number of carboxylic acid groups (broad SMARTS) is 1. The second-order valence-corrected chi connectivity index (χ2v) is 4.95. The Morgan fingerprint density at radius 3 is 2.52 bits per heavy atom. The Kier molecular flexibility index (Phi) is 2.27. The third kappa shape index (κ3) is 1.54. The molecule has 0 saturated carbocycles. The summed E-state index contributed by atoms with van der Waals surface area (Å²) in [5, 5.41) is 16.0. The molecule has 21 heavy (non-hydrogen) atoms. The van der Waals surface area contributed by atoms with E-state index < -0.39 is 5.97 Å². The van der Waals surface area contributed by atoms with E-state index in [-0.39, 0.29) is 12.3 Å². The highest BCUT2D eigenvalue weighted by Gasteiger charge is 2.28. The molecule has 0 N–H and O–H groups in total. The summed E-state index contributed by atoms with van der Waals surface area (Å²) in [5.74, 6) is -1.27. The SMILES string of the molecule is O=C([O-])Cn1nc2c3c(cccc31)C(=O)c1ccccc1-2. The van der Waals surface area contributed by atoms with E-state index in [0.717, 1.165) is 5.56 Å². The molecule has 0 unspecified atom stereocenters. The van der Waals surface area contributed by atoms with E-state index >= 15 is 0 Å². The summed E-state index contributed by atoms with van der Waals surface area (Å²) in [6, 6.07) is 12.5. The van der Waals surface area contributed by atoms with Gasteiger partial charge in [0.25, 0.3) is 0 Å². The predicted octanol–water partition coefficient (Wildman–Crippen LogP) is 0.998. The zero-order valence-electron chi connectivity index (χ0n) is 10.9. The van der Waals surface area contributed by atoms with E-state index in [1.165, 1.54) is 4.68 Å². The van der Waals surface area contributed by atoms with Gasteiger partial charge in [-0.15, -0.1) is 0 Å². The molecule has 0 aliphatic heterocycles. The minimum absolute atomic E-state index is 0.0586. The molecule has 0 spiro atoms. The number of hydrogen-bond donors (Lipinski definition) is 0. The van der Waals surface area contributed by atoms with E-state index in [9.17, 15) is 14.7 Å². The Morgan fingerprint density at radius 1 is 1.05 bits per heavy atom. The third-order valence-electron chi connectivity index (χ3n) is 3.73. The van der Waals surface area contributed by atoms with Gasteiger partial charge in [-0.1, -0.05) is 36.4 Å². The van der Waals surface area contributed by atoms with Crippen LogP contribution >= 0.6 is 0 Å². The summed E-state index contributed by atoms with van der Waals surface area (Å²) in [5.41, 5.74) is 3.18. The smallest absolute Gasteiger partial charge is 0.194 e. The number of hydrogen-bond acceptors (Lipinski definition) is 4. The van der Waals surface area contributed by atoms with Crippen LogP contribution < -0.4 is 5.11 Å². The van der Waals surface area contributed by atoms with E-state index in [0.29, 0.717) is 27.7 Å². The van der Waals surface area contributed by atoms with Gasteiger partial charge in [-0.2, -0.15) is 5.10 Å². The molecule has 5 nitrogen and oxygen atoms in total. The molecule has 1 aliphatic carbocycles. The van der Waals surface area contributed by atoms with Gasteiger partial charge < -0.3 is 9.90 Å². The lowest BCUT2D eigenvalue weighted by molar-refractivity contribution is -0.306. The first-order valence-corrected chi connectivity index (χ1v) is 6.50. The van der Waals surface area contributed by atoms with Gasteiger partial charge in [-0.3, -0.25) is 9.48 Å². The molecule has 5 heteroatoms. The molecule has 0 atom stereocenters. The van der Waals surface area contributed by atoms with Gasteiger partial charge in [0.15, 0.2) is 5.78 Å². The van der Waals surface area contributed by atoms with Crippen molar-refractivity contribution in [2.45, 2.75) is 6.54 Å². The topological polar surface area (TPSA) is 75.0 Å². The van der Waals surface area contributed by atoms with Crippen LogP contribution in [0.15, 0.2) is 42.5 Å². The second-order valence-electron chi connectivity index (χ2n) is 4.95. The van der Waals surface area contributed by atoms with Crippen molar-refractivity contribution in [3.63, 3.8) is 0 Å². The number of carboxylic acids is 1. The summed E-state index contributed by atoms with van der Waals surface area (Å²) in [4.78, 5) is 23.4. The maximum atomic E-state index is 12.6. The average Bonchev–Trinajstić information content (AvgIpc) is 2.84. The molecule has 1 aromatic heterocycles. The summed E-state index contributed by atoms with van der Waals surface area (Å²) >= 11 is 0. The molecular formula is C16H9N2O3-. The van der Waals surface area contributed by atoms with Crippen LogP contribution in [-0.2, 0) is 11.3 Å². The fourth-order valence-corrected chi connectivity index (χ4v) is 2.88. The second kappa shape index (κ2) is 4.02.